The predicted molar refractivity (Wildman–Crippen MR) is 107 cm³/mol. The maximum Gasteiger partial charge on any atom is 0.103 e. The molecule has 1 fully saturated rings. The number of fused-ring (bicyclic) bond motifs is 1. The number of rotatable bonds is 3. The number of aliphatic imine (C=N–C) groups is 1. The normalized spacial score (nSPS) is 17.8. The van der Waals surface area contributed by atoms with E-state index in [1.165, 1.54) is 55.2 Å². The zero-order valence-corrected chi connectivity index (χ0v) is 15.0. The predicted octanol–water partition coefficient (Wildman–Crippen LogP) is 5.96. The van der Waals surface area contributed by atoms with E-state index in [1.807, 2.05) is 13.0 Å². The zero-order valence-electron chi connectivity index (χ0n) is 15.0. The maximum atomic E-state index is 4.82. The van der Waals surface area contributed by atoms with Crippen molar-refractivity contribution in [2.24, 2.45) is 10.9 Å². The summed E-state index contributed by atoms with van der Waals surface area (Å²) in [7, 11) is 0. The number of benzene rings is 2. The van der Waals surface area contributed by atoms with E-state index in [9.17, 15) is 0 Å². The van der Waals surface area contributed by atoms with Crippen LogP contribution in [0.4, 0.5) is 5.69 Å². The first-order chi connectivity index (χ1) is 12.3. The number of nitrogens with one attached hydrogen (secondary N) is 1. The van der Waals surface area contributed by atoms with Crippen LogP contribution in [0.1, 0.15) is 55.7 Å². The SMILES string of the molecule is CC1=Nc2cc(CC3CCCCC3)ccc2C=C(c2ccccc2)N1. The lowest BCUT2D eigenvalue weighted by Crippen LogP contribution is -2.17. The second kappa shape index (κ2) is 7.26. The third-order valence-electron chi connectivity index (χ3n) is 5.33. The Balaban J connectivity index is 1.63. The van der Waals surface area contributed by atoms with Crippen LogP contribution in [0.5, 0.6) is 0 Å². The van der Waals surface area contributed by atoms with E-state index >= 15 is 0 Å². The molecule has 1 aliphatic heterocycles. The van der Waals surface area contributed by atoms with Crippen molar-refractivity contribution in [2.45, 2.75) is 45.4 Å². The van der Waals surface area contributed by atoms with E-state index in [0.29, 0.717) is 0 Å². The summed E-state index contributed by atoms with van der Waals surface area (Å²) in [5.41, 5.74) is 6.01. The Kier molecular flexibility index (Phi) is 4.69. The smallest absolute Gasteiger partial charge is 0.103 e. The summed E-state index contributed by atoms with van der Waals surface area (Å²) in [5, 5.41) is 3.45. The van der Waals surface area contributed by atoms with E-state index in [1.54, 1.807) is 0 Å². The monoisotopic (exact) mass is 330 g/mol. The topological polar surface area (TPSA) is 24.4 Å². The minimum absolute atomic E-state index is 0.858. The van der Waals surface area contributed by atoms with Crippen LogP contribution in [0.3, 0.4) is 0 Å². The summed E-state index contributed by atoms with van der Waals surface area (Å²) < 4.78 is 0. The lowest BCUT2D eigenvalue weighted by Gasteiger charge is -2.21. The van der Waals surface area contributed by atoms with Crippen LogP contribution in [0, 0.1) is 5.92 Å². The van der Waals surface area contributed by atoms with Crippen molar-refractivity contribution in [3.63, 3.8) is 0 Å². The minimum Gasteiger partial charge on any atom is -0.343 e. The van der Waals surface area contributed by atoms with Crippen molar-refractivity contribution >= 4 is 23.3 Å². The Morgan fingerprint density at radius 1 is 1.00 bits per heavy atom. The van der Waals surface area contributed by atoms with Crippen molar-refractivity contribution in [2.75, 3.05) is 0 Å². The molecule has 0 unspecified atom stereocenters. The van der Waals surface area contributed by atoms with Gasteiger partial charge in [-0.3, -0.25) is 0 Å². The molecule has 2 heteroatoms. The maximum absolute atomic E-state index is 4.82. The molecular formula is C23H26N2. The molecule has 2 aromatic carbocycles. The first-order valence-electron chi connectivity index (χ1n) is 9.50. The second-order valence-electron chi connectivity index (χ2n) is 7.35. The van der Waals surface area contributed by atoms with Crippen LogP contribution >= 0.6 is 0 Å². The van der Waals surface area contributed by atoms with E-state index in [2.05, 4.69) is 53.9 Å². The molecule has 0 atom stereocenters. The molecule has 2 nitrogen and oxygen atoms in total. The summed E-state index contributed by atoms with van der Waals surface area (Å²) in [6, 6.07) is 17.3. The number of amidine groups is 1. The summed E-state index contributed by atoms with van der Waals surface area (Å²) in [6.07, 6.45) is 10.4. The fourth-order valence-electron chi connectivity index (χ4n) is 4.03. The third kappa shape index (κ3) is 3.84. The summed E-state index contributed by atoms with van der Waals surface area (Å²) in [5.74, 6) is 1.81. The lowest BCUT2D eigenvalue weighted by molar-refractivity contribution is 0.357. The zero-order chi connectivity index (χ0) is 17.1. The number of nitrogens with zero attached hydrogens (tertiary/aromatic N) is 1. The van der Waals surface area contributed by atoms with Gasteiger partial charge >= 0.3 is 0 Å². The molecule has 0 saturated heterocycles. The molecule has 1 saturated carbocycles. The molecule has 0 spiro atoms. The molecule has 128 valence electrons. The van der Waals surface area contributed by atoms with Crippen LogP contribution in [-0.4, -0.2) is 5.84 Å². The molecule has 0 bridgehead atoms. The molecule has 4 rings (SSSR count). The minimum atomic E-state index is 0.858. The van der Waals surface area contributed by atoms with Crippen LogP contribution in [0.2, 0.25) is 0 Å². The standard InChI is InChI=1S/C23H26N2/c1-17-24-22-15-19(14-18-8-4-2-5-9-18)12-13-21(22)16-23(25-17)20-10-6-3-7-11-20/h3,6-7,10-13,15-16,18H,2,4-5,8-9,14H2,1H3,(H,24,25). The van der Waals surface area contributed by atoms with E-state index in [4.69, 9.17) is 4.99 Å². The van der Waals surface area contributed by atoms with Crippen LogP contribution < -0.4 is 5.32 Å². The summed E-state index contributed by atoms with van der Waals surface area (Å²) in [4.78, 5) is 4.82. The van der Waals surface area contributed by atoms with Gasteiger partial charge < -0.3 is 5.32 Å². The van der Waals surface area contributed by atoms with Crippen molar-refractivity contribution < 1.29 is 0 Å². The van der Waals surface area contributed by atoms with Gasteiger partial charge in [-0.2, -0.15) is 0 Å². The molecule has 2 aromatic rings. The van der Waals surface area contributed by atoms with Gasteiger partial charge in [-0.15, -0.1) is 0 Å². The number of hydrogen-bond acceptors (Lipinski definition) is 2. The van der Waals surface area contributed by atoms with E-state index in [0.717, 1.165) is 23.1 Å². The average molecular weight is 330 g/mol. The van der Waals surface area contributed by atoms with Crippen molar-refractivity contribution in [1.82, 2.24) is 5.32 Å². The van der Waals surface area contributed by atoms with Gasteiger partial charge in [0.2, 0.25) is 0 Å². The van der Waals surface area contributed by atoms with Gasteiger partial charge in [0.1, 0.15) is 5.84 Å². The fourth-order valence-corrected chi connectivity index (χ4v) is 4.03. The van der Waals surface area contributed by atoms with Gasteiger partial charge in [0.15, 0.2) is 0 Å². The summed E-state index contributed by atoms with van der Waals surface area (Å²) >= 11 is 0. The van der Waals surface area contributed by atoms with Crippen LogP contribution in [0.25, 0.3) is 11.8 Å². The highest BCUT2D eigenvalue weighted by molar-refractivity contribution is 5.99. The third-order valence-corrected chi connectivity index (χ3v) is 5.33. The molecule has 1 heterocycles. The quantitative estimate of drug-likeness (QED) is 0.737. The molecule has 2 aliphatic rings. The highest BCUT2D eigenvalue weighted by Gasteiger charge is 2.15. The lowest BCUT2D eigenvalue weighted by atomic mass is 9.84. The van der Waals surface area contributed by atoms with Crippen molar-refractivity contribution in [3.05, 3.63) is 65.2 Å². The van der Waals surface area contributed by atoms with Gasteiger partial charge in [0.25, 0.3) is 0 Å². The first-order valence-corrected chi connectivity index (χ1v) is 9.50. The Morgan fingerprint density at radius 3 is 2.60 bits per heavy atom. The Hall–Kier alpha value is -2.35. The molecule has 1 aliphatic carbocycles. The van der Waals surface area contributed by atoms with Gasteiger partial charge in [0.05, 0.1) is 5.69 Å². The Bertz CT molecular complexity index is 796. The molecule has 0 aromatic heterocycles. The van der Waals surface area contributed by atoms with E-state index in [-0.39, 0.29) is 0 Å². The fraction of sp³-hybridized carbons (Fsp3) is 0.348. The average Bonchev–Trinajstić information content (AvgIpc) is 2.81. The highest BCUT2D eigenvalue weighted by Crippen LogP contribution is 2.31. The van der Waals surface area contributed by atoms with E-state index < -0.39 is 0 Å². The Morgan fingerprint density at radius 2 is 1.80 bits per heavy atom. The molecule has 25 heavy (non-hydrogen) atoms. The number of hydrogen-bond donors (Lipinski definition) is 1. The van der Waals surface area contributed by atoms with Crippen molar-refractivity contribution in [1.29, 1.82) is 0 Å². The second-order valence-corrected chi connectivity index (χ2v) is 7.35. The van der Waals surface area contributed by atoms with Gasteiger partial charge in [0, 0.05) is 11.3 Å². The highest BCUT2D eigenvalue weighted by atomic mass is 15.0. The van der Waals surface area contributed by atoms with Crippen molar-refractivity contribution in [3.8, 4) is 0 Å². The Labute approximate surface area is 150 Å². The van der Waals surface area contributed by atoms with Gasteiger partial charge in [-0.1, -0.05) is 74.6 Å². The summed E-state index contributed by atoms with van der Waals surface area (Å²) in [6.45, 7) is 2.04. The van der Waals surface area contributed by atoms with Gasteiger partial charge in [-0.05, 0) is 42.5 Å². The van der Waals surface area contributed by atoms with Crippen LogP contribution in [-0.2, 0) is 6.42 Å². The molecular weight excluding hydrogens is 304 g/mol. The van der Waals surface area contributed by atoms with Gasteiger partial charge in [-0.25, -0.2) is 4.99 Å². The molecule has 0 radical (unpaired) electrons. The first kappa shape index (κ1) is 16.1. The largest absolute Gasteiger partial charge is 0.343 e. The molecule has 0 amide bonds. The molecule has 1 N–H and O–H groups in total. The van der Waals surface area contributed by atoms with Crippen LogP contribution in [0.15, 0.2) is 53.5 Å².